The Kier molecular flexibility index (Phi) is 4.79. The van der Waals surface area contributed by atoms with E-state index in [1.54, 1.807) is 39.6 Å². The van der Waals surface area contributed by atoms with Gasteiger partial charge in [0.05, 0.1) is 18.1 Å². The number of ether oxygens (including phenoxy) is 2. The standard InChI is InChI=1S/C20H27N7O3/c1-20(2,3)30-19(28)26(5)13-6-14(7-13)29-18-16-8-17(21)24-27(16)11-15(23-18)12-9-22-25(4)10-12/h8-11,13-14H,6-7H2,1-5H3,(H2,21,24). The zero-order valence-electron chi connectivity index (χ0n) is 17.9. The summed E-state index contributed by atoms with van der Waals surface area (Å²) in [6.07, 6.45) is 6.43. The van der Waals surface area contributed by atoms with Crippen LogP contribution in [0, 0.1) is 0 Å². The van der Waals surface area contributed by atoms with E-state index in [1.165, 1.54) is 0 Å². The summed E-state index contributed by atoms with van der Waals surface area (Å²) in [5.41, 5.74) is 7.61. The zero-order chi connectivity index (χ0) is 21.6. The van der Waals surface area contributed by atoms with Crippen LogP contribution in [0.5, 0.6) is 5.88 Å². The van der Waals surface area contributed by atoms with Crippen molar-refractivity contribution in [1.29, 1.82) is 0 Å². The molecule has 10 heteroatoms. The third kappa shape index (κ3) is 4.03. The average molecular weight is 413 g/mol. The molecule has 0 spiro atoms. The minimum Gasteiger partial charge on any atom is -0.473 e. The van der Waals surface area contributed by atoms with Gasteiger partial charge in [-0.1, -0.05) is 0 Å². The number of hydrogen-bond acceptors (Lipinski definition) is 7. The Bertz CT molecular complexity index is 1080. The van der Waals surface area contributed by atoms with Gasteiger partial charge in [-0.3, -0.25) is 4.68 Å². The van der Waals surface area contributed by atoms with Gasteiger partial charge in [0.25, 0.3) is 0 Å². The largest absolute Gasteiger partial charge is 0.473 e. The Labute approximate surface area is 174 Å². The van der Waals surface area contributed by atoms with Gasteiger partial charge < -0.3 is 20.1 Å². The quantitative estimate of drug-likeness (QED) is 0.699. The molecule has 4 rings (SSSR count). The summed E-state index contributed by atoms with van der Waals surface area (Å²) in [5.74, 6) is 0.852. The average Bonchev–Trinajstić information content (AvgIpc) is 3.20. The van der Waals surface area contributed by atoms with Crippen LogP contribution in [0.1, 0.15) is 33.6 Å². The minimum atomic E-state index is -0.519. The molecule has 0 saturated heterocycles. The molecule has 0 bridgehead atoms. The maximum atomic E-state index is 12.3. The highest BCUT2D eigenvalue weighted by atomic mass is 16.6. The van der Waals surface area contributed by atoms with Crippen LogP contribution in [0.15, 0.2) is 24.7 Å². The van der Waals surface area contributed by atoms with Crippen LogP contribution in [-0.4, -0.2) is 60.2 Å². The molecule has 3 heterocycles. The maximum Gasteiger partial charge on any atom is 0.410 e. The lowest BCUT2D eigenvalue weighted by atomic mass is 9.88. The van der Waals surface area contributed by atoms with Crippen LogP contribution in [0.2, 0.25) is 0 Å². The van der Waals surface area contributed by atoms with Crippen LogP contribution in [0.3, 0.4) is 0 Å². The number of fused-ring (bicyclic) bond motifs is 1. The van der Waals surface area contributed by atoms with E-state index in [0.717, 1.165) is 5.56 Å². The highest BCUT2D eigenvalue weighted by Gasteiger charge is 2.38. The molecule has 1 amide bonds. The van der Waals surface area contributed by atoms with Crippen LogP contribution >= 0.6 is 0 Å². The van der Waals surface area contributed by atoms with Gasteiger partial charge in [0.2, 0.25) is 5.88 Å². The third-order valence-electron chi connectivity index (χ3n) is 5.02. The van der Waals surface area contributed by atoms with Gasteiger partial charge in [-0.2, -0.15) is 10.2 Å². The van der Waals surface area contributed by atoms with Crippen molar-refractivity contribution < 1.29 is 14.3 Å². The second-order valence-corrected chi connectivity index (χ2v) is 8.69. The van der Waals surface area contributed by atoms with E-state index in [1.807, 2.05) is 34.0 Å². The molecule has 0 aliphatic heterocycles. The number of nitrogens with two attached hydrogens (primary N) is 1. The molecule has 1 fully saturated rings. The summed E-state index contributed by atoms with van der Waals surface area (Å²) in [4.78, 5) is 18.6. The van der Waals surface area contributed by atoms with Crippen molar-refractivity contribution in [3.05, 3.63) is 24.7 Å². The van der Waals surface area contributed by atoms with E-state index >= 15 is 0 Å². The molecule has 3 aromatic rings. The number of carbonyl (C=O) groups excluding carboxylic acids is 1. The Morgan fingerprint density at radius 2 is 2.03 bits per heavy atom. The van der Waals surface area contributed by atoms with Gasteiger partial charge >= 0.3 is 6.09 Å². The van der Waals surface area contributed by atoms with E-state index in [0.29, 0.717) is 35.8 Å². The zero-order valence-corrected chi connectivity index (χ0v) is 17.9. The molecule has 30 heavy (non-hydrogen) atoms. The number of rotatable bonds is 4. The Morgan fingerprint density at radius 3 is 2.67 bits per heavy atom. The molecule has 3 aromatic heterocycles. The summed E-state index contributed by atoms with van der Waals surface area (Å²) >= 11 is 0. The van der Waals surface area contributed by atoms with E-state index < -0.39 is 5.60 Å². The second-order valence-electron chi connectivity index (χ2n) is 8.69. The first-order chi connectivity index (χ1) is 14.1. The lowest BCUT2D eigenvalue weighted by Crippen LogP contribution is -2.51. The summed E-state index contributed by atoms with van der Waals surface area (Å²) in [6.45, 7) is 5.57. The molecule has 0 atom stereocenters. The van der Waals surface area contributed by atoms with Crippen molar-refractivity contribution >= 4 is 17.4 Å². The molecule has 0 radical (unpaired) electrons. The van der Waals surface area contributed by atoms with E-state index in [4.69, 9.17) is 15.2 Å². The second kappa shape index (κ2) is 7.19. The molecular formula is C20H27N7O3. The lowest BCUT2D eigenvalue weighted by molar-refractivity contribution is -0.00936. The number of nitrogen functional groups attached to an aromatic ring is 1. The van der Waals surface area contributed by atoms with Gasteiger partial charge in [-0.25, -0.2) is 14.3 Å². The number of carbonyl (C=O) groups is 1. The van der Waals surface area contributed by atoms with Crippen molar-refractivity contribution in [1.82, 2.24) is 29.3 Å². The highest BCUT2D eigenvalue weighted by Crippen LogP contribution is 2.32. The Hall–Kier alpha value is -3.30. The van der Waals surface area contributed by atoms with Crippen LogP contribution in [-0.2, 0) is 11.8 Å². The first-order valence-electron chi connectivity index (χ1n) is 9.86. The normalized spacial score (nSPS) is 18.8. The number of aromatic nitrogens is 5. The lowest BCUT2D eigenvalue weighted by Gasteiger charge is -2.40. The predicted molar refractivity (Wildman–Crippen MR) is 111 cm³/mol. The SMILES string of the molecule is CN(C(=O)OC(C)(C)C)C1CC(Oc2nc(-c3cnn(C)c3)cn3nc(N)cc23)C1. The molecule has 10 nitrogen and oxygen atoms in total. The molecule has 160 valence electrons. The van der Waals surface area contributed by atoms with E-state index in [2.05, 4.69) is 15.2 Å². The first kappa shape index (κ1) is 20.0. The maximum absolute atomic E-state index is 12.3. The number of nitrogens with zero attached hydrogens (tertiary/aromatic N) is 6. The van der Waals surface area contributed by atoms with Crippen molar-refractivity contribution in [3.8, 4) is 17.1 Å². The van der Waals surface area contributed by atoms with Crippen molar-refractivity contribution in [3.63, 3.8) is 0 Å². The number of aryl methyl sites for hydroxylation is 1. The van der Waals surface area contributed by atoms with Crippen molar-refractivity contribution in [2.45, 2.75) is 51.4 Å². The molecule has 1 aliphatic rings. The molecule has 1 aliphatic carbocycles. The summed E-state index contributed by atoms with van der Waals surface area (Å²) < 4.78 is 15.0. The summed E-state index contributed by atoms with van der Waals surface area (Å²) in [6, 6.07) is 1.80. The summed E-state index contributed by atoms with van der Waals surface area (Å²) in [5, 5.41) is 8.50. The fourth-order valence-electron chi connectivity index (χ4n) is 3.35. The first-order valence-corrected chi connectivity index (χ1v) is 9.86. The van der Waals surface area contributed by atoms with Crippen LogP contribution in [0.25, 0.3) is 16.8 Å². The van der Waals surface area contributed by atoms with E-state index in [9.17, 15) is 4.79 Å². The van der Waals surface area contributed by atoms with Gasteiger partial charge in [0.1, 0.15) is 23.0 Å². The van der Waals surface area contributed by atoms with Gasteiger partial charge in [-0.05, 0) is 20.8 Å². The minimum absolute atomic E-state index is 0.0588. The fourth-order valence-corrected chi connectivity index (χ4v) is 3.35. The number of hydrogen-bond donors (Lipinski definition) is 1. The molecular weight excluding hydrogens is 386 g/mol. The molecule has 0 aromatic carbocycles. The Morgan fingerprint density at radius 1 is 1.30 bits per heavy atom. The van der Waals surface area contributed by atoms with Crippen LogP contribution in [0.4, 0.5) is 10.6 Å². The van der Waals surface area contributed by atoms with Gasteiger partial charge in [0, 0.05) is 50.8 Å². The monoisotopic (exact) mass is 413 g/mol. The van der Waals surface area contributed by atoms with Crippen molar-refractivity contribution in [2.75, 3.05) is 12.8 Å². The van der Waals surface area contributed by atoms with E-state index in [-0.39, 0.29) is 18.2 Å². The number of anilines is 1. The molecule has 2 N–H and O–H groups in total. The smallest absolute Gasteiger partial charge is 0.410 e. The third-order valence-corrected chi connectivity index (χ3v) is 5.02. The molecule has 0 unspecified atom stereocenters. The molecule has 1 saturated carbocycles. The number of amides is 1. The van der Waals surface area contributed by atoms with Crippen LogP contribution < -0.4 is 10.5 Å². The topological polar surface area (TPSA) is 113 Å². The van der Waals surface area contributed by atoms with Crippen molar-refractivity contribution in [2.24, 2.45) is 7.05 Å². The van der Waals surface area contributed by atoms with Gasteiger partial charge in [0.15, 0.2) is 0 Å². The Balaban J connectivity index is 1.49. The predicted octanol–water partition coefficient (Wildman–Crippen LogP) is 2.49. The fraction of sp³-hybridized carbons (Fsp3) is 0.500. The summed E-state index contributed by atoms with van der Waals surface area (Å²) in [7, 11) is 3.60. The highest BCUT2D eigenvalue weighted by molar-refractivity contribution is 5.68. The van der Waals surface area contributed by atoms with Gasteiger partial charge in [-0.15, -0.1) is 0 Å².